The molecule has 2 aromatic rings. The van der Waals surface area contributed by atoms with Crippen molar-refractivity contribution in [3.8, 4) is 11.5 Å². The summed E-state index contributed by atoms with van der Waals surface area (Å²) in [5, 5.41) is 30.6. The van der Waals surface area contributed by atoms with Crippen LogP contribution in [0.25, 0.3) is 0 Å². The number of nitrogens with zero attached hydrogens (tertiary/aromatic N) is 2. The van der Waals surface area contributed by atoms with E-state index < -0.39 is 11.8 Å². The molecule has 3 rings (SSSR count). The van der Waals surface area contributed by atoms with Crippen LogP contribution < -0.4 is 26.3 Å². The highest BCUT2D eigenvalue weighted by atomic mass is 35.5. The van der Waals surface area contributed by atoms with Gasteiger partial charge < -0.3 is 31.5 Å². The van der Waals surface area contributed by atoms with Gasteiger partial charge in [0.1, 0.15) is 16.5 Å². The van der Waals surface area contributed by atoms with Gasteiger partial charge in [-0.25, -0.2) is 0 Å². The summed E-state index contributed by atoms with van der Waals surface area (Å²) in [5.41, 5.74) is 0.358. The van der Waals surface area contributed by atoms with Gasteiger partial charge in [-0.3, -0.25) is 19.2 Å². The van der Waals surface area contributed by atoms with Crippen LogP contribution in [0.1, 0.15) is 13.8 Å². The van der Waals surface area contributed by atoms with Gasteiger partial charge in [0.25, 0.3) is 11.8 Å². The third-order valence-electron chi connectivity index (χ3n) is 4.96. The maximum absolute atomic E-state index is 12.8. The maximum atomic E-state index is 12.8. The van der Waals surface area contributed by atoms with Gasteiger partial charge in [0.05, 0.1) is 32.8 Å². The first-order valence-electron chi connectivity index (χ1n) is 10.7. The molecule has 1 aliphatic heterocycles. The summed E-state index contributed by atoms with van der Waals surface area (Å²) in [6, 6.07) is 4.96. The van der Waals surface area contributed by atoms with E-state index in [2.05, 4.69) is 26.3 Å². The Morgan fingerprint density at radius 1 is 0.757 bits per heavy atom. The number of benzene rings is 2. The predicted octanol–water partition coefficient (Wildman–Crippen LogP) is 2.56. The summed E-state index contributed by atoms with van der Waals surface area (Å²) < 4.78 is -0.297. The summed E-state index contributed by atoms with van der Waals surface area (Å²) in [5.74, 6) is -2.58. The Bertz CT molecular complexity index is 1240. The molecule has 0 fully saturated rings. The molecule has 37 heavy (non-hydrogen) atoms. The van der Waals surface area contributed by atoms with Crippen LogP contribution >= 0.6 is 23.2 Å². The zero-order chi connectivity index (χ0) is 27.3. The summed E-state index contributed by atoms with van der Waals surface area (Å²) in [6.07, 6.45) is 4.34. The lowest BCUT2D eigenvalue weighted by Crippen LogP contribution is -2.50. The highest BCUT2D eigenvalue weighted by Crippen LogP contribution is 2.35. The number of hydrogen-bond acceptors (Lipinski definition) is 7. The average molecular weight is 550 g/mol. The lowest BCUT2D eigenvalue weighted by Gasteiger charge is -2.22. The summed E-state index contributed by atoms with van der Waals surface area (Å²) in [6.45, 7) is 2.02. The third-order valence-corrected chi connectivity index (χ3v) is 5.59. The van der Waals surface area contributed by atoms with E-state index >= 15 is 0 Å². The molecule has 6 N–H and O–H groups in total. The van der Waals surface area contributed by atoms with E-state index in [1.807, 2.05) is 0 Å². The van der Waals surface area contributed by atoms with E-state index in [9.17, 15) is 29.4 Å². The summed E-state index contributed by atoms with van der Waals surface area (Å²) in [7, 11) is 0. The first kappa shape index (κ1) is 27.5. The van der Waals surface area contributed by atoms with Crippen LogP contribution in [-0.2, 0) is 19.2 Å². The number of nitrogens with one attached hydrogen (secondary N) is 4. The van der Waals surface area contributed by atoms with Gasteiger partial charge in [-0.1, -0.05) is 23.2 Å². The summed E-state index contributed by atoms with van der Waals surface area (Å²) in [4.78, 5) is 52.1. The molecule has 1 radical (unpaired) electrons. The zero-order valence-corrected chi connectivity index (χ0v) is 21.1. The first-order chi connectivity index (χ1) is 17.4. The fourth-order valence-electron chi connectivity index (χ4n) is 3.43. The van der Waals surface area contributed by atoms with Crippen molar-refractivity contribution in [1.82, 2.24) is 4.99 Å². The molecule has 0 atom stereocenters. The van der Waals surface area contributed by atoms with Crippen LogP contribution in [0, 0.1) is 0 Å². The SMILES string of the molecule is CC(=O)Nc1cc(O)c(NC(=O)C[N+]2(CC(=O)Nc3cc(Cl)c(NC(C)=O)cc3O)C=C[N+]=C2)cc1Cl. The maximum Gasteiger partial charge on any atom is 0.404 e. The molecule has 0 aromatic heterocycles. The van der Waals surface area contributed by atoms with Crippen molar-refractivity contribution in [2.45, 2.75) is 13.8 Å². The molecule has 4 amide bonds. The normalized spacial score (nSPS) is 13.2. The Balaban J connectivity index is 1.70. The van der Waals surface area contributed by atoms with Gasteiger partial charge >= 0.3 is 12.5 Å². The van der Waals surface area contributed by atoms with Crippen molar-refractivity contribution in [1.29, 1.82) is 0 Å². The summed E-state index contributed by atoms with van der Waals surface area (Å²) >= 11 is 12.2. The Morgan fingerprint density at radius 3 is 1.54 bits per heavy atom. The van der Waals surface area contributed by atoms with Gasteiger partial charge in [0.2, 0.25) is 11.8 Å². The number of carbonyl (C=O) groups excluding carboxylic acids is 4. The van der Waals surface area contributed by atoms with Crippen molar-refractivity contribution in [3.05, 3.63) is 46.7 Å². The lowest BCUT2D eigenvalue weighted by atomic mass is 10.2. The highest BCUT2D eigenvalue weighted by Gasteiger charge is 2.38. The molecule has 1 heterocycles. The van der Waals surface area contributed by atoms with E-state index in [0.717, 1.165) is 0 Å². The number of rotatable bonds is 8. The van der Waals surface area contributed by atoms with E-state index in [-0.39, 0.29) is 73.7 Å². The monoisotopic (exact) mass is 549 g/mol. The molecule has 12 nitrogen and oxygen atoms in total. The second kappa shape index (κ2) is 11.3. The van der Waals surface area contributed by atoms with Gasteiger partial charge in [0, 0.05) is 26.0 Å². The standard InChI is InChI=1S/C23H22Cl2N6O6/c1-12(32)27-16-7-20(34)18(5-14(16)24)29-22(36)9-31(4-3-26-11-31)10-23(37)30-19-6-15(25)17(8-21(19)35)28-13(2)33/h3-8,11H,9-10H2,1-2H3,(H5-,27,28,29,30,32,33,34,35,36,37)/q+1/p+1. The highest BCUT2D eigenvalue weighted by molar-refractivity contribution is 6.34. The van der Waals surface area contributed by atoms with Crippen molar-refractivity contribution in [2.24, 2.45) is 0 Å². The van der Waals surface area contributed by atoms with E-state index in [1.165, 1.54) is 56.9 Å². The molecule has 0 aliphatic carbocycles. The minimum atomic E-state index is -0.574. The van der Waals surface area contributed by atoms with Crippen LogP contribution in [0.5, 0.6) is 11.5 Å². The van der Waals surface area contributed by atoms with Gasteiger partial charge in [-0.2, -0.15) is 4.48 Å². The lowest BCUT2D eigenvalue weighted by molar-refractivity contribution is -0.760. The molecule has 0 unspecified atom stereocenters. The van der Waals surface area contributed by atoms with Crippen molar-refractivity contribution in [3.63, 3.8) is 0 Å². The number of halogens is 2. The molecule has 193 valence electrons. The quantitative estimate of drug-likeness (QED) is 0.218. The molecule has 1 aliphatic rings. The molecule has 0 saturated heterocycles. The van der Waals surface area contributed by atoms with Crippen LogP contribution in [0.15, 0.2) is 36.7 Å². The average Bonchev–Trinajstić information content (AvgIpc) is 3.21. The number of carbonyl (C=O) groups is 4. The minimum absolute atomic E-state index is 0.00523. The number of aromatic hydroxyl groups is 2. The third kappa shape index (κ3) is 7.19. The topological polar surface area (TPSA) is 171 Å². The minimum Gasteiger partial charge on any atom is -0.506 e. The zero-order valence-electron chi connectivity index (χ0n) is 19.6. The van der Waals surface area contributed by atoms with Crippen LogP contribution in [0.2, 0.25) is 10.0 Å². The second-order valence-electron chi connectivity index (χ2n) is 8.14. The smallest absolute Gasteiger partial charge is 0.404 e. The van der Waals surface area contributed by atoms with E-state index in [0.29, 0.717) is 0 Å². The van der Waals surface area contributed by atoms with Crippen molar-refractivity contribution in [2.75, 3.05) is 34.4 Å². The molecule has 0 spiro atoms. The Hall–Kier alpha value is -4.13. The predicted molar refractivity (Wildman–Crippen MR) is 139 cm³/mol. The van der Waals surface area contributed by atoms with Crippen molar-refractivity contribution >= 4 is 75.9 Å². The van der Waals surface area contributed by atoms with Crippen LogP contribution in [0.3, 0.4) is 0 Å². The fourth-order valence-corrected chi connectivity index (χ4v) is 3.85. The van der Waals surface area contributed by atoms with Gasteiger partial charge in [-0.15, -0.1) is 0 Å². The van der Waals surface area contributed by atoms with Crippen LogP contribution in [-0.4, -0.2) is 57.8 Å². The Morgan fingerprint density at radius 2 is 1.19 bits per heavy atom. The van der Waals surface area contributed by atoms with E-state index in [1.54, 1.807) is 0 Å². The fraction of sp³-hybridized carbons (Fsp3) is 0.174. The van der Waals surface area contributed by atoms with Gasteiger partial charge in [-0.05, 0) is 12.1 Å². The number of aliphatic imine (C=N–C) groups is 1. The molecular formula is C23H23Cl2N6O6+2. The second-order valence-corrected chi connectivity index (χ2v) is 8.95. The largest absolute Gasteiger partial charge is 0.506 e. The molecule has 14 heteroatoms. The molecular weight excluding hydrogens is 527 g/mol. The number of phenols is 2. The van der Waals surface area contributed by atoms with Crippen LogP contribution in [0.4, 0.5) is 22.7 Å². The Labute approximate surface area is 221 Å². The number of anilines is 4. The molecule has 0 bridgehead atoms. The number of quaternary nitrogens is 1. The number of amides is 4. The molecule has 0 saturated carbocycles. The van der Waals surface area contributed by atoms with Crippen molar-refractivity contribution < 1.29 is 33.9 Å². The number of phenolic OH excluding ortho intramolecular Hbond substituents is 2. The van der Waals surface area contributed by atoms with E-state index in [4.69, 9.17) is 23.2 Å². The Kier molecular flexibility index (Phi) is 8.38. The molecule has 2 aromatic carbocycles. The first-order valence-corrected chi connectivity index (χ1v) is 11.4. The van der Waals surface area contributed by atoms with Gasteiger partial charge in [0.15, 0.2) is 19.3 Å². The number of hydrogen-bond donors (Lipinski definition) is 6.